The van der Waals surface area contributed by atoms with E-state index in [2.05, 4.69) is 0 Å². The fourth-order valence-corrected chi connectivity index (χ4v) is 2.61. The van der Waals surface area contributed by atoms with Crippen molar-refractivity contribution in [3.63, 3.8) is 0 Å². The third kappa shape index (κ3) is 3.16. The molecule has 2 N–H and O–H groups in total. The summed E-state index contributed by atoms with van der Waals surface area (Å²) in [6, 6.07) is 0.0865. The van der Waals surface area contributed by atoms with Crippen molar-refractivity contribution < 1.29 is 9.47 Å². The molecule has 1 saturated carbocycles. The first-order valence-corrected chi connectivity index (χ1v) is 6.37. The largest absolute Gasteiger partial charge is 0.351 e. The summed E-state index contributed by atoms with van der Waals surface area (Å²) in [5, 5.41) is 0. The maximum Gasteiger partial charge on any atom is 0.172 e. The second-order valence-electron chi connectivity index (χ2n) is 4.79. The van der Waals surface area contributed by atoms with Crippen LogP contribution < -0.4 is 5.73 Å². The number of ether oxygens (including phenoxy) is 2. The van der Waals surface area contributed by atoms with Crippen LogP contribution in [0.2, 0.25) is 0 Å². The summed E-state index contributed by atoms with van der Waals surface area (Å²) in [6.45, 7) is 1.62. The zero-order chi connectivity index (χ0) is 10.5. The van der Waals surface area contributed by atoms with Crippen molar-refractivity contribution >= 4 is 0 Å². The van der Waals surface area contributed by atoms with E-state index in [1.807, 2.05) is 0 Å². The molecule has 0 bridgehead atoms. The molecule has 1 saturated heterocycles. The van der Waals surface area contributed by atoms with E-state index in [1.54, 1.807) is 0 Å². The Labute approximate surface area is 92.3 Å². The zero-order valence-electron chi connectivity index (χ0n) is 9.49. The van der Waals surface area contributed by atoms with Crippen LogP contribution in [0.15, 0.2) is 0 Å². The van der Waals surface area contributed by atoms with Gasteiger partial charge in [-0.3, -0.25) is 0 Å². The van der Waals surface area contributed by atoms with E-state index in [9.17, 15) is 0 Å². The molecule has 0 aromatic carbocycles. The highest BCUT2D eigenvalue weighted by molar-refractivity contribution is 4.79. The van der Waals surface area contributed by atoms with Gasteiger partial charge < -0.3 is 15.2 Å². The van der Waals surface area contributed by atoms with Crippen LogP contribution in [0.3, 0.4) is 0 Å². The van der Waals surface area contributed by atoms with Gasteiger partial charge in [0.1, 0.15) is 0 Å². The lowest BCUT2D eigenvalue weighted by molar-refractivity contribution is -0.148. The smallest absolute Gasteiger partial charge is 0.172 e. The lowest BCUT2D eigenvalue weighted by Crippen LogP contribution is -2.44. The van der Waals surface area contributed by atoms with E-state index in [0.717, 1.165) is 26.1 Å². The predicted octanol–water partition coefficient (Wildman–Crippen LogP) is 2.05. The van der Waals surface area contributed by atoms with Crippen LogP contribution in [0.4, 0.5) is 0 Å². The van der Waals surface area contributed by atoms with Crippen molar-refractivity contribution in [2.24, 2.45) is 11.7 Å². The van der Waals surface area contributed by atoms with Crippen molar-refractivity contribution in [3.05, 3.63) is 0 Å². The number of nitrogens with two attached hydrogens (primary N) is 1. The molecular weight excluding hydrogens is 190 g/mol. The average Bonchev–Trinajstić information content (AvgIpc) is 2.58. The van der Waals surface area contributed by atoms with Crippen molar-refractivity contribution in [3.8, 4) is 0 Å². The molecule has 1 unspecified atom stereocenters. The fourth-order valence-electron chi connectivity index (χ4n) is 2.61. The Morgan fingerprint density at radius 3 is 2.07 bits per heavy atom. The van der Waals surface area contributed by atoms with Gasteiger partial charge in [-0.2, -0.15) is 0 Å². The SMILES string of the molecule is NC(C1CCCCC1)C1OCCCCO1. The predicted molar refractivity (Wildman–Crippen MR) is 59.5 cm³/mol. The highest BCUT2D eigenvalue weighted by Crippen LogP contribution is 2.28. The van der Waals surface area contributed by atoms with E-state index in [1.165, 1.54) is 32.1 Å². The summed E-state index contributed by atoms with van der Waals surface area (Å²) < 4.78 is 11.3. The molecule has 1 aliphatic heterocycles. The van der Waals surface area contributed by atoms with Crippen LogP contribution in [0.25, 0.3) is 0 Å². The molecule has 0 radical (unpaired) electrons. The van der Waals surface area contributed by atoms with Crippen molar-refractivity contribution in [2.45, 2.75) is 57.3 Å². The molecule has 1 aliphatic carbocycles. The maximum absolute atomic E-state index is 6.24. The Kier molecular flexibility index (Phi) is 4.42. The Bertz CT molecular complexity index is 172. The molecular formula is C12H23NO2. The molecule has 88 valence electrons. The summed E-state index contributed by atoms with van der Waals surface area (Å²) in [6.07, 6.45) is 8.60. The van der Waals surface area contributed by atoms with Gasteiger partial charge in [0.05, 0.1) is 6.04 Å². The Balaban J connectivity index is 1.83. The third-order valence-electron chi connectivity index (χ3n) is 3.61. The van der Waals surface area contributed by atoms with E-state index < -0.39 is 0 Å². The maximum atomic E-state index is 6.24. The highest BCUT2D eigenvalue weighted by atomic mass is 16.7. The van der Waals surface area contributed by atoms with E-state index >= 15 is 0 Å². The molecule has 0 spiro atoms. The minimum atomic E-state index is -0.143. The summed E-state index contributed by atoms with van der Waals surface area (Å²) in [5.41, 5.74) is 6.24. The van der Waals surface area contributed by atoms with E-state index in [0.29, 0.717) is 5.92 Å². The van der Waals surface area contributed by atoms with Gasteiger partial charge in [0.2, 0.25) is 0 Å². The summed E-state index contributed by atoms with van der Waals surface area (Å²) in [4.78, 5) is 0. The van der Waals surface area contributed by atoms with Gasteiger partial charge in [0, 0.05) is 13.2 Å². The van der Waals surface area contributed by atoms with Gasteiger partial charge in [-0.1, -0.05) is 19.3 Å². The first-order chi connectivity index (χ1) is 7.38. The second-order valence-corrected chi connectivity index (χ2v) is 4.79. The molecule has 0 aromatic heterocycles. The van der Waals surface area contributed by atoms with Crippen molar-refractivity contribution in [2.75, 3.05) is 13.2 Å². The molecule has 2 aliphatic rings. The first kappa shape index (κ1) is 11.4. The van der Waals surface area contributed by atoms with Gasteiger partial charge in [-0.25, -0.2) is 0 Å². The molecule has 3 heteroatoms. The Morgan fingerprint density at radius 1 is 0.867 bits per heavy atom. The van der Waals surface area contributed by atoms with Crippen LogP contribution in [-0.2, 0) is 9.47 Å². The lowest BCUT2D eigenvalue weighted by Gasteiger charge is -2.32. The Morgan fingerprint density at radius 2 is 1.47 bits per heavy atom. The van der Waals surface area contributed by atoms with Crippen LogP contribution in [-0.4, -0.2) is 25.5 Å². The van der Waals surface area contributed by atoms with Gasteiger partial charge >= 0.3 is 0 Å². The molecule has 0 aromatic rings. The first-order valence-electron chi connectivity index (χ1n) is 6.37. The van der Waals surface area contributed by atoms with Crippen molar-refractivity contribution in [1.82, 2.24) is 0 Å². The quantitative estimate of drug-likeness (QED) is 0.763. The van der Waals surface area contributed by atoms with E-state index in [-0.39, 0.29) is 12.3 Å². The van der Waals surface area contributed by atoms with Gasteiger partial charge in [0.15, 0.2) is 6.29 Å². The van der Waals surface area contributed by atoms with Gasteiger partial charge in [-0.05, 0) is 31.6 Å². The number of rotatable bonds is 2. The van der Waals surface area contributed by atoms with Crippen LogP contribution in [0, 0.1) is 5.92 Å². The molecule has 3 nitrogen and oxygen atoms in total. The molecule has 1 heterocycles. The monoisotopic (exact) mass is 213 g/mol. The summed E-state index contributed by atoms with van der Waals surface area (Å²) >= 11 is 0. The van der Waals surface area contributed by atoms with Gasteiger partial charge in [-0.15, -0.1) is 0 Å². The van der Waals surface area contributed by atoms with E-state index in [4.69, 9.17) is 15.2 Å². The molecule has 2 rings (SSSR count). The summed E-state index contributed by atoms with van der Waals surface area (Å²) in [5.74, 6) is 0.613. The Hall–Kier alpha value is -0.120. The molecule has 1 atom stereocenters. The van der Waals surface area contributed by atoms with Crippen LogP contribution >= 0.6 is 0 Å². The topological polar surface area (TPSA) is 44.5 Å². The minimum Gasteiger partial charge on any atom is -0.351 e. The minimum absolute atomic E-state index is 0.0865. The number of hydrogen-bond acceptors (Lipinski definition) is 3. The lowest BCUT2D eigenvalue weighted by atomic mass is 9.84. The zero-order valence-corrected chi connectivity index (χ0v) is 9.49. The van der Waals surface area contributed by atoms with Gasteiger partial charge in [0.25, 0.3) is 0 Å². The normalized spacial score (nSPS) is 28.6. The highest BCUT2D eigenvalue weighted by Gasteiger charge is 2.29. The average molecular weight is 213 g/mol. The fraction of sp³-hybridized carbons (Fsp3) is 1.00. The van der Waals surface area contributed by atoms with Crippen molar-refractivity contribution in [1.29, 1.82) is 0 Å². The molecule has 2 fully saturated rings. The molecule has 15 heavy (non-hydrogen) atoms. The second kappa shape index (κ2) is 5.83. The van der Waals surface area contributed by atoms with Crippen LogP contribution in [0.1, 0.15) is 44.9 Å². The number of hydrogen-bond donors (Lipinski definition) is 1. The third-order valence-corrected chi connectivity index (χ3v) is 3.61. The standard InChI is InChI=1S/C12H23NO2/c13-11(10-6-2-1-3-7-10)12-14-8-4-5-9-15-12/h10-12H,1-9,13H2. The molecule has 0 amide bonds. The van der Waals surface area contributed by atoms with Crippen LogP contribution in [0.5, 0.6) is 0 Å². The summed E-state index contributed by atoms with van der Waals surface area (Å²) in [7, 11) is 0.